The molecule has 1 aromatic heterocycles. The predicted molar refractivity (Wildman–Crippen MR) is 76.0 cm³/mol. The van der Waals surface area contributed by atoms with Crippen LogP contribution in [0.25, 0.3) is 0 Å². The fourth-order valence-electron chi connectivity index (χ4n) is 1.57. The molecule has 0 spiro atoms. The molecule has 0 saturated carbocycles. The number of nitrogens with zero attached hydrogens (tertiary/aromatic N) is 1. The van der Waals surface area contributed by atoms with E-state index in [9.17, 15) is 0 Å². The number of aliphatic hydroxyl groups is 1. The van der Waals surface area contributed by atoms with Gasteiger partial charge in [0.1, 0.15) is 5.82 Å². The van der Waals surface area contributed by atoms with Crippen molar-refractivity contribution in [1.29, 1.82) is 0 Å². The van der Waals surface area contributed by atoms with Crippen molar-refractivity contribution in [3.8, 4) is 0 Å². The number of aliphatic hydroxyl groups excluding tert-OH is 1. The summed E-state index contributed by atoms with van der Waals surface area (Å²) in [5.41, 5.74) is 2.41. The van der Waals surface area contributed by atoms with E-state index in [2.05, 4.69) is 22.7 Å². The van der Waals surface area contributed by atoms with Crippen molar-refractivity contribution in [3.05, 3.63) is 16.1 Å². The molecule has 1 unspecified atom stereocenters. The van der Waals surface area contributed by atoms with Crippen LogP contribution >= 0.6 is 23.2 Å². The molecule has 0 fully saturated rings. The van der Waals surface area contributed by atoms with Gasteiger partial charge >= 0.3 is 0 Å². The average molecular weight is 293 g/mol. The molecule has 0 aromatic carbocycles. The highest BCUT2D eigenvalue weighted by molar-refractivity contribution is 6.37. The van der Waals surface area contributed by atoms with Crippen LogP contribution in [0.1, 0.15) is 19.8 Å². The minimum atomic E-state index is 0.178. The van der Waals surface area contributed by atoms with Gasteiger partial charge in [-0.1, -0.05) is 36.5 Å². The third-order valence-electron chi connectivity index (χ3n) is 2.74. The first kappa shape index (κ1) is 15.3. The second kappa shape index (κ2) is 7.63. The molecule has 1 atom stereocenters. The summed E-state index contributed by atoms with van der Waals surface area (Å²) in [6.07, 6.45) is 1.72. The third-order valence-corrected chi connectivity index (χ3v) is 3.32. The van der Waals surface area contributed by atoms with Crippen molar-refractivity contribution in [2.75, 3.05) is 23.9 Å². The molecule has 5 N–H and O–H groups in total. The zero-order valence-electron chi connectivity index (χ0n) is 10.2. The Hall–Kier alpha value is -0.750. The predicted octanol–water partition coefficient (Wildman–Crippen LogP) is 2.49. The van der Waals surface area contributed by atoms with E-state index >= 15 is 0 Å². The van der Waals surface area contributed by atoms with Crippen LogP contribution in [-0.2, 0) is 0 Å². The average Bonchev–Trinajstić information content (AvgIpc) is 2.36. The van der Waals surface area contributed by atoms with Crippen molar-refractivity contribution in [2.24, 2.45) is 11.8 Å². The van der Waals surface area contributed by atoms with E-state index < -0.39 is 0 Å². The Balaban J connectivity index is 2.72. The van der Waals surface area contributed by atoms with E-state index in [1.807, 2.05) is 0 Å². The summed E-state index contributed by atoms with van der Waals surface area (Å²) in [6.45, 7) is 2.94. The van der Waals surface area contributed by atoms with Gasteiger partial charge in [-0.3, -0.25) is 0 Å². The fraction of sp³-hybridized carbons (Fsp3) is 0.545. The number of pyridine rings is 1. The van der Waals surface area contributed by atoms with Crippen LogP contribution in [0, 0.1) is 5.92 Å². The Bertz CT molecular complexity index is 390. The van der Waals surface area contributed by atoms with Crippen LogP contribution in [0.4, 0.5) is 11.6 Å². The molecule has 1 aromatic rings. The van der Waals surface area contributed by atoms with Crippen molar-refractivity contribution in [2.45, 2.75) is 19.8 Å². The van der Waals surface area contributed by atoms with Gasteiger partial charge in [-0.2, -0.15) is 0 Å². The lowest BCUT2D eigenvalue weighted by molar-refractivity contribution is 0.258. The van der Waals surface area contributed by atoms with E-state index in [0.717, 1.165) is 12.8 Å². The molecule has 102 valence electrons. The molecule has 1 rings (SSSR count). The lowest BCUT2D eigenvalue weighted by Crippen LogP contribution is -2.17. The summed E-state index contributed by atoms with van der Waals surface area (Å²) >= 11 is 11.9. The largest absolute Gasteiger partial charge is 0.396 e. The Morgan fingerprint density at radius 2 is 2.06 bits per heavy atom. The molecule has 0 aliphatic heterocycles. The number of halogens is 2. The van der Waals surface area contributed by atoms with E-state index in [0.29, 0.717) is 34.1 Å². The van der Waals surface area contributed by atoms with Crippen LogP contribution in [0.15, 0.2) is 6.07 Å². The van der Waals surface area contributed by atoms with E-state index in [-0.39, 0.29) is 6.61 Å². The molecule has 0 bridgehead atoms. The van der Waals surface area contributed by atoms with E-state index in [1.54, 1.807) is 6.07 Å². The highest BCUT2D eigenvalue weighted by Gasteiger charge is 2.11. The molecule has 0 saturated heterocycles. The number of hydrazine groups is 1. The van der Waals surface area contributed by atoms with Gasteiger partial charge in [0.2, 0.25) is 0 Å². The zero-order chi connectivity index (χ0) is 13.5. The SMILES string of the molecule is CCC(CCO)CNc1nc(NN)c(Cl)cc1Cl. The Morgan fingerprint density at radius 3 is 2.61 bits per heavy atom. The Kier molecular flexibility index (Phi) is 6.49. The number of rotatable bonds is 7. The first-order valence-corrected chi connectivity index (χ1v) is 6.55. The molecule has 0 amide bonds. The minimum Gasteiger partial charge on any atom is -0.396 e. The summed E-state index contributed by atoms with van der Waals surface area (Å²) in [5.74, 6) is 6.58. The summed E-state index contributed by atoms with van der Waals surface area (Å²) in [7, 11) is 0. The van der Waals surface area contributed by atoms with Gasteiger partial charge in [-0.05, 0) is 18.4 Å². The van der Waals surface area contributed by atoms with Crippen LogP contribution in [0.3, 0.4) is 0 Å². The number of hydrogen-bond acceptors (Lipinski definition) is 5. The molecule has 7 heteroatoms. The Labute approximate surface area is 117 Å². The van der Waals surface area contributed by atoms with Gasteiger partial charge in [0, 0.05) is 13.2 Å². The number of nitrogen functional groups attached to an aromatic ring is 1. The van der Waals surface area contributed by atoms with Gasteiger partial charge < -0.3 is 15.8 Å². The van der Waals surface area contributed by atoms with Crippen molar-refractivity contribution < 1.29 is 5.11 Å². The highest BCUT2D eigenvalue weighted by Crippen LogP contribution is 2.28. The molecule has 5 nitrogen and oxygen atoms in total. The van der Waals surface area contributed by atoms with Crippen LogP contribution in [-0.4, -0.2) is 23.2 Å². The monoisotopic (exact) mass is 292 g/mol. The van der Waals surface area contributed by atoms with Crippen LogP contribution in [0.2, 0.25) is 10.0 Å². The highest BCUT2D eigenvalue weighted by atomic mass is 35.5. The molecule has 18 heavy (non-hydrogen) atoms. The Morgan fingerprint density at radius 1 is 1.39 bits per heavy atom. The van der Waals surface area contributed by atoms with Crippen molar-refractivity contribution in [3.63, 3.8) is 0 Å². The molecule has 0 radical (unpaired) electrons. The van der Waals surface area contributed by atoms with Crippen molar-refractivity contribution in [1.82, 2.24) is 4.98 Å². The van der Waals surface area contributed by atoms with E-state index in [1.165, 1.54) is 0 Å². The number of nitrogens with two attached hydrogens (primary N) is 1. The third kappa shape index (κ3) is 4.17. The van der Waals surface area contributed by atoms with Crippen LogP contribution in [0.5, 0.6) is 0 Å². The van der Waals surface area contributed by atoms with Gasteiger partial charge in [-0.15, -0.1) is 0 Å². The number of anilines is 2. The first-order chi connectivity index (χ1) is 8.62. The summed E-state index contributed by atoms with van der Waals surface area (Å²) in [6, 6.07) is 1.58. The minimum absolute atomic E-state index is 0.178. The standard InChI is InChI=1S/C11H18Cl2N4O/c1-2-7(3-4-18)6-15-10-8(12)5-9(13)11(16-10)17-14/h5,7,18H,2-4,6,14H2,1H3,(H2,15,16,17). The quantitative estimate of drug-likeness (QED) is 0.458. The zero-order valence-corrected chi connectivity index (χ0v) is 11.7. The van der Waals surface area contributed by atoms with E-state index in [4.69, 9.17) is 34.2 Å². The summed E-state index contributed by atoms with van der Waals surface area (Å²) < 4.78 is 0. The molecule has 0 aliphatic carbocycles. The number of hydrogen-bond donors (Lipinski definition) is 4. The number of aromatic nitrogens is 1. The topological polar surface area (TPSA) is 83.2 Å². The normalized spacial score (nSPS) is 12.3. The number of nitrogens with one attached hydrogen (secondary N) is 2. The lowest BCUT2D eigenvalue weighted by atomic mass is 10.0. The van der Waals surface area contributed by atoms with Crippen molar-refractivity contribution >= 4 is 34.8 Å². The summed E-state index contributed by atoms with van der Waals surface area (Å²) in [4.78, 5) is 4.18. The van der Waals surface area contributed by atoms with Gasteiger partial charge in [0.25, 0.3) is 0 Å². The smallest absolute Gasteiger partial charge is 0.161 e. The van der Waals surface area contributed by atoms with Gasteiger partial charge in [0.05, 0.1) is 10.0 Å². The maximum absolute atomic E-state index is 8.92. The molecular formula is C11H18Cl2N4O. The molecular weight excluding hydrogens is 275 g/mol. The maximum atomic E-state index is 8.92. The maximum Gasteiger partial charge on any atom is 0.161 e. The lowest BCUT2D eigenvalue weighted by Gasteiger charge is -2.16. The first-order valence-electron chi connectivity index (χ1n) is 5.79. The van der Waals surface area contributed by atoms with Crippen LogP contribution < -0.4 is 16.6 Å². The molecule has 0 aliphatic rings. The molecule has 1 heterocycles. The van der Waals surface area contributed by atoms with Gasteiger partial charge in [-0.25, -0.2) is 10.8 Å². The summed E-state index contributed by atoms with van der Waals surface area (Å²) in [5, 5.41) is 12.9. The second-order valence-electron chi connectivity index (χ2n) is 3.96. The second-order valence-corrected chi connectivity index (χ2v) is 4.78. The fourth-order valence-corrected chi connectivity index (χ4v) is 2.05. The van der Waals surface area contributed by atoms with Gasteiger partial charge in [0.15, 0.2) is 5.82 Å².